The van der Waals surface area contributed by atoms with Gasteiger partial charge in [-0.2, -0.15) is 0 Å². The molecular weight excluding hydrogens is 200 g/mol. The van der Waals surface area contributed by atoms with E-state index in [1.807, 2.05) is 12.1 Å². The van der Waals surface area contributed by atoms with E-state index in [-0.39, 0.29) is 5.75 Å². The van der Waals surface area contributed by atoms with Gasteiger partial charge in [0.05, 0.1) is 5.69 Å². The normalized spacial score (nSPS) is 18.8. The fourth-order valence-corrected chi connectivity index (χ4v) is 2.18. The van der Waals surface area contributed by atoms with Crippen molar-refractivity contribution in [2.45, 2.75) is 26.3 Å². The summed E-state index contributed by atoms with van der Waals surface area (Å²) < 4.78 is 0. The van der Waals surface area contributed by atoms with E-state index in [0.717, 1.165) is 12.5 Å². The minimum absolute atomic E-state index is 0.177. The molecular formula is C13H20N2O. The molecule has 0 amide bonds. The summed E-state index contributed by atoms with van der Waals surface area (Å²) in [4.78, 5) is 2.45. The van der Waals surface area contributed by atoms with Gasteiger partial charge in [0.1, 0.15) is 5.75 Å². The van der Waals surface area contributed by atoms with Crippen molar-refractivity contribution < 1.29 is 5.11 Å². The Hall–Kier alpha value is -1.22. The number of phenols is 1. The molecule has 3 N–H and O–H groups in total. The second kappa shape index (κ2) is 4.74. The molecule has 0 radical (unpaired) electrons. The molecule has 3 nitrogen and oxygen atoms in total. The molecule has 0 saturated carbocycles. The smallest absolute Gasteiger partial charge is 0.138 e. The van der Waals surface area contributed by atoms with Gasteiger partial charge in [-0.05, 0) is 49.5 Å². The largest absolute Gasteiger partial charge is 0.506 e. The van der Waals surface area contributed by atoms with Crippen LogP contribution in [0, 0.1) is 5.92 Å². The molecule has 0 aromatic heterocycles. The van der Waals surface area contributed by atoms with Gasteiger partial charge in [-0.3, -0.25) is 4.90 Å². The van der Waals surface area contributed by atoms with E-state index in [9.17, 15) is 5.11 Å². The predicted molar refractivity (Wildman–Crippen MR) is 66.2 cm³/mol. The molecule has 0 bridgehead atoms. The number of nitrogens with two attached hydrogens (primary N) is 1. The molecule has 0 aliphatic carbocycles. The summed E-state index contributed by atoms with van der Waals surface area (Å²) in [5.74, 6) is 1.04. The topological polar surface area (TPSA) is 49.5 Å². The average molecular weight is 220 g/mol. The van der Waals surface area contributed by atoms with Crippen LogP contribution in [0.1, 0.15) is 25.3 Å². The van der Waals surface area contributed by atoms with E-state index < -0.39 is 0 Å². The lowest BCUT2D eigenvalue weighted by Gasteiger charge is -2.30. The molecule has 88 valence electrons. The lowest BCUT2D eigenvalue weighted by Crippen LogP contribution is -2.32. The average Bonchev–Trinajstić information content (AvgIpc) is 2.27. The van der Waals surface area contributed by atoms with Gasteiger partial charge in [0, 0.05) is 6.54 Å². The number of likely N-dealkylation sites (tertiary alicyclic amines) is 1. The Balaban J connectivity index is 1.96. The summed E-state index contributed by atoms with van der Waals surface area (Å²) in [6.07, 6.45) is 2.57. The Kier molecular flexibility index (Phi) is 3.34. The number of nitrogens with zero attached hydrogens (tertiary/aromatic N) is 1. The van der Waals surface area contributed by atoms with Crippen molar-refractivity contribution in [3.8, 4) is 5.75 Å². The van der Waals surface area contributed by atoms with Gasteiger partial charge in [0.25, 0.3) is 0 Å². The van der Waals surface area contributed by atoms with Crippen molar-refractivity contribution in [1.82, 2.24) is 4.90 Å². The maximum absolute atomic E-state index is 9.35. The fraction of sp³-hybridized carbons (Fsp3) is 0.538. The maximum atomic E-state index is 9.35. The molecule has 2 rings (SSSR count). The van der Waals surface area contributed by atoms with Crippen LogP contribution in [-0.2, 0) is 6.54 Å². The van der Waals surface area contributed by atoms with Crippen LogP contribution in [-0.4, -0.2) is 23.1 Å². The van der Waals surface area contributed by atoms with Gasteiger partial charge in [-0.25, -0.2) is 0 Å². The molecule has 0 atom stereocenters. The Morgan fingerprint density at radius 3 is 2.69 bits per heavy atom. The van der Waals surface area contributed by atoms with Crippen LogP contribution in [0.5, 0.6) is 5.75 Å². The van der Waals surface area contributed by atoms with E-state index in [2.05, 4.69) is 11.8 Å². The molecule has 1 saturated heterocycles. The molecule has 1 aromatic carbocycles. The fourth-order valence-electron chi connectivity index (χ4n) is 2.18. The van der Waals surface area contributed by atoms with Gasteiger partial charge in [0.2, 0.25) is 0 Å². The zero-order chi connectivity index (χ0) is 11.5. The lowest BCUT2D eigenvalue weighted by molar-refractivity contribution is 0.185. The van der Waals surface area contributed by atoms with E-state index >= 15 is 0 Å². The zero-order valence-electron chi connectivity index (χ0n) is 9.82. The van der Waals surface area contributed by atoms with Crippen molar-refractivity contribution >= 4 is 5.69 Å². The highest BCUT2D eigenvalue weighted by molar-refractivity contribution is 5.53. The Bertz CT molecular complexity index is 357. The highest BCUT2D eigenvalue weighted by Gasteiger charge is 2.15. The van der Waals surface area contributed by atoms with E-state index in [0.29, 0.717) is 5.69 Å². The number of hydrogen-bond acceptors (Lipinski definition) is 3. The van der Waals surface area contributed by atoms with Gasteiger partial charge < -0.3 is 10.8 Å². The van der Waals surface area contributed by atoms with Crippen molar-refractivity contribution in [3.05, 3.63) is 23.8 Å². The van der Waals surface area contributed by atoms with Crippen molar-refractivity contribution in [3.63, 3.8) is 0 Å². The van der Waals surface area contributed by atoms with Crippen LogP contribution in [0.15, 0.2) is 18.2 Å². The van der Waals surface area contributed by atoms with Crippen LogP contribution < -0.4 is 5.73 Å². The molecule has 1 aliphatic heterocycles. The highest BCUT2D eigenvalue weighted by Crippen LogP contribution is 2.23. The summed E-state index contributed by atoms with van der Waals surface area (Å²) in [6.45, 7) is 5.59. The standard InChI is InChI=1S/C13H20N2O/c1-10-4-6-15(7-5-10)9-11-2-3-13(16)12(14)8-11/h2-3,8,10,16H,4-7,9,14H2,1H3. The predicted octanol–water partition coefficient (Wildman–Crippen LogP) is 2.21. The van der Waals surface area contributed by atoms with Crippen LogP contribution >= 0.6 is 0 Å². The number of aromatic hydroxyl groups is 1. The van der Waals surface area contributed by atoms with Gasteiger partial charge in [-0.15, -0.1) is 0 Å². The number of piperidine rings is 1. The van der Waals surface area contributed by atoms with Gasteiger partial charge >= 0.3 is 0 Å². The molecule has 1 aromatic rings. The Morgan fingerprint density at radius 2 is 2.06 bits per heavy atom. The molecule has 1 heterocycles. The first kappa shape index (κ1) is 11.3. The number of anilines is 1. The number of nitrogen functional groups attached to an aromatic ring is 1. The summed E-state index contributed by atoms with van der Waals surface area (Å²) in [5, 5.41) is 9.35. The van der Waals surface area contributed by atoms with E-state index in [4.69, 9.17) is 5.73 Å². The number of phenolic OH excluding ortho intramolecular Hbond substituents is 1. The number of hydrogen-bond donors (Lipinski definition) is 2. The zero-order valence-corrected chi connectivity index (χ0v) is 9.82. The van der Waals surface area contributed by atoms with E-state index in [1.165, 1.54) is 31.5 Å². The Morgan fingerprint density at radius 1 is 1.38 bits per heavy atom. The maximum Gasteiger partial charge on any atom is 0.138 e. The van der Waals surface area contributed by atoms with Crippen LogP contribution in [0.4, 0.5) is 5.69 Å². The first-order chi connectivity index (χ1) is 7.65. The first-order valence-electron chi connectivity index (χ1n) is 5.95. The van der Waals surface area contributed by atoms with Crippen LogP contribution in [0.25, 0.3) is 0 Å². The van der Waals surface area contributed by atoms with Crippen molar-refractivity contribution in [2.24, 2.45) is 5.92 Å². The minimum atomic E-state index is 0.177. The van der Waals surface area contributed by atoms with E-state index in [1.54, 1.807) is 6.07 Å². The van der Waals surface area contributed by atoms with Crippen molar-refractivity contribution in [2.75, 3.05) is 18.8 Å². The van der Waals surface area contributed by atoms with Crippen LogP contribution in [0.3, 0.4) is 0 Å². The quantitative estimate of drug-likeness (QED) is 0.593. The summed E-state index contributed by atoms with van der Waals surface area (Å²) in [7, 11) is 0. The minimum Gasteiger partial charge on any atom is -0.506 e. The third-order valence-corrected chi connectivity index (χ3v) is 3.37. The van der Waals surface area contributed by atoms with Gasteiger partial charge in [0.15, 0.2) is 0 Å². The number of rotatable bonds is 2. The molecule has 0 unspecified atom stereocenters. The monoisotopic (exact) mass is 220 g/mol. The first-order valence-corrected chi connectivity index (χ1v) is 5.95. The SMILES string of the molecule is CC1CCN(Cc2ccc(O)c(N)c2)CC1. The van der Waals surface area contributed by atoms with Gasteiger partial charge in [-0.1, -0.05) is 13.0 Å². The summed E-state index contributed by atoms with van der Waals surface area (Å²) in [5.41, 5.74) is 7.34. The second-order valence-electron chi connectivity index (χ2n) is 4.85. The third-order valence-electron chi connectivity index (χ3n) is 3.37. The summed E-state index contributed by atoms with van der Waals surface area (Å²) >= 11 is 0. The molecule has 3 heteroatoms. The molecule has 0 spiro atoms. The highest BCUT2D eigenvalue weighted by atomic mass is 16.3. The summed E-state index contributed by atoms with van der Waals surface area (Å²) in [6, 6.07) is 5.49. The van der Waals surface area contributed by atoms with Crippen molar-refractivity contribution in [1.29, 1.82) is 0 Å². The third kappa shape index (κ3) is 2.67. The Labute approximate surface area is 96.9 Å². The van der Waals surface area contributed by atoms with Crippen LogP contribution in [0.2, 0.25) is 0 Å². The second-order valence-corrected chi connectivity index (χ2v) is 4.85. The lowest BCUT2D eigenvalue weighted by atomic mass is 9.99. The molecule has 1 fully saturated rings. The number of benzene rings is 1. The molecule has 16 heavy (non-hydrogen) atoms. The molecule has 1 aliphatic rings.